The van der Waals surface area contributed by atoms with Gasteiger partial charge in [-0.15, -0.1) is 0 Å². The maximum Gasteiger partial charge on any atom is 0.271 e. The van der Waals surface area contributed by atoms with Crippen molar-refractivity contribution in [1.82, 2.24) is 5.32 Å². The summed E-state index contributed by atoms with van der Waals surface area (Å²) in [7, 11) is 0. The largest absolute Gasteiger partial charge is 0.469 e. The fraction of sp³-hybridized carbons (Fsp3) is 0.389. The summed E-state index contributed by atoms with van der Waals surface area (Å²) in [6.45, 7) is 5.02. The van der Waals surface area contributed by atoms with E-state index < -0.39 is 4.92 Å². The number of nitro benzene ring substituents is 1. The van der Waals surface area contributed by atoms with Crippen molar-refractivity contribution in [3.8, 4) is 0 Å². The first-order valence-electron chi connectivity index (χ1n) is 8.41. The van der Waals surface area contributed by atoms with Crippen molar-refractivity contribution < 1.29 is 14.1 Å². The molecule has 1 aromatic carbocycles. The van der Waals surface area contributed by atoms with Crippen molar-refractivity contribution in [2.75, 3.05) is 18.0 Å². The van der Waals surface area contributed by atoms with Crippen molar-refractivity contribution in [1.29, 1.82) is 0 Å². The summed E-state index contributed by atoms with van der Waals surface area (Å²) < 4.78 is 5.17. The lowest BCUT2D eigenvalue weighted by Gasteiger charge is -2.35. The predicted molar refractivity (Wildman–Crippen MR) is 99.0 cm³/mol. The van der Waals surface area contributed by atoms with E-state index in [-0.39, 0.29) is 17.6 Å². The fourth-order valence-electron chi connectivity index (χ4n) is 3.36. The van der Waals surface area contributed by atoms with Crippen LogP contribution >= 0.6 is 11.6 Å². The number of nitrogens with zero attached hydrogens (tertiary/aromatic N) is 2. The maximum absolute atomic E-state index is 12.3. The van der Waals surface area contributed by atoms with E-state index in [1.54, 1.807) is 13.0 Å². The molecule has 0 aliphatic carbocycles. The number of anilines is 1. The van der Waals surface area contributed by atoms with Gasteiger partial charge in [-0.25, -0.2) is 0 Å². The lowest BCUT2D eigenvalue weighted by Crippen LogP contribution is -2.45. The quantitative estimate of drug-likeness (QED) is 0.645. The molecule has 1 saturated heterocycles. The molecule has 1 aliphatic rings. The first kappa shape index (κ1) is 18.3. The first-order chi connectivity index (χ1) is 12.4. The number of nitro groups is 1. The van der Waals surface area contributed by atoms with Crippen molar-refractivity contribution >= 4 is 28.9 Å². The topological polar surface area (TPSA) is 88.6 Å². The van der Waals surface area contributed by atoms with Crippen LogP contribution in [-0.2, 0) is 0 Å². The second-order valence-corrected chi connectivity index (χ2v) is 6.88. The van der Waals surface area contributed by atoms with Crippen LogP contribution in [0, 0.1) is 24.0 Å². The Bertz CT molecular complexity index is 818. The Hall–Kier alpha value is -2.54. The van der Waals surface area contributed by atoms with Gasteiger partial charge in [0.2, 0.25) is 0 Å². The summed E-state index contributed by atoms with van der Waals surface area (Å²) in [5, 5.41) is 14.4. The van der Waals surface area contributed by atoms with Gasteiger partial charge >= 0.3 is 0 Å². The second kappa shape index (κ2) is 7.37. The summed E-state index contributed by atoms with van der Waals surface area (Å²) >= 11 is 6.29. The van der Waals surface area contributed by atoms with Crippen LogP contribution in [0.25, 0.3) is 0 Å². The minimum atomic E-state index is -0.442. The summed E-state index contributed by atoms with van der Waals surface area (Å²) in [5.74, 6) is 0.479. The number of piperidine rings is 1. The van der Waals surface area contributed by atoms with Crippen LogP contribution < -0.4 is 10.2 Å². The smallest absolute Gasteiger partial charge is 0.271 e. The van der Waals surface area contributed by atoms with E-state index >= 15 is 0 Å². The summed E-state index contributed by atoms with van der Waals surface area (Å²) in [6.07, 6.45) is 3.05. The highest BCUT2D eigenvalue weighted by Crippen LogP contribution is 2.35. The first-order valence-corrected chi connectivity index (χ1v) is 8.79. The second-order valence-electron chi connectivity index (χ2n) is 6.48. The molecule has 2 heterocycles. The minimum absolute atomic E-state index is 0.00567. The molecule has 0 spiro atoms. The van der Waals surface area contributed by atoms with E-state index in [0.29, 0.717) is 29.4 Å². The molecular formula is C18H20ClN3O4. The van der Waals surface area contributed by atoms with Crippen LogP contribution in [0.2, 0.25) is 5.02 Å². The van der Waals surface area contributed by atoms with Gasteiger partial charge in [0.1, 0.15) is 5.76 Å². The lowest BCUT2D eigenvalue weighted by atomic mass is 10.0. The van der Waals surface area contributed by atoms with Crippen LogP contribution in [0.3, 0.4) is 0 Å². The van der Waals surface area contributed by atoms with Gasteiger partial charge in [-0.3, -0.25) is 14.9 Å². The SMILES string of the molecule is Cc1cc([N+](=O)[O-])cc(Cl)c1N1CCC(NC(=O)c2ccoc2C)CC1. The zero-order valence-electron chi connectivity index (χ0n) is 14.6. The molecule has 0 atom stereocenters. The van der Waals surface area contributed by atoms with Crippen LogP contribution in [0.1, 0.15) is 34.5 Å². The predicted octanol–water partition coefficient (Wildman–Crippen LogP) is 3.86. The normalized spacial score (nSPS) is 15.1. The van der Waals surface area contributed by atoms with Crippen molar-refractivity contribution in [3.63, 3.8) is 0 Å². The zero-order chi connectivity index (χ0) is 18.8. The van der Waals surface area contributed by atoms with Gasteiger partial charge in [-0.1, -0.05) is 11.6 Å². The molecular weight excluding hydrogens is 358 g/mol. The van der Waals surface area contributed by atoms with Gasteiger partial charge in [0.05, 0.1) is 27.5 Å². The van der Waals surface area contributed by atoms with Crippen LogP contribution in [-0.4, -0.2) is 30.0 Å². The van der Waals surface area contributed by atoms with E-state index in [1.807, 2.05) is 6.92 Å². The average molecular weight is 378 g/mol. The number of halogens is 1. The summed E-state index contributed by atoms with van der Waals surface area (Å²) in [5.41, 5.74) is 2.16. The third-order valence-corrected chi connectivity index (χ3v) is 4.99. The molecule has 0 radical (unpaired) electrons. The summed E-state index contributed by atoms with van der Waals surface area (Å²) in [6, 6.07) is 4.67. The lowest BCUT2D eigenvalue weighted by molar-refractivity contribution is -0.384. The fourth-order valence-corrected chi connectivity index (χ4v) is 3.74. The number of furan rings is 1. The molecule has 138 valence electrons. The Morgan fingerprint density at radius 3 is 2.58 bits per heavy atom. The number of aryl methyl sites for hydroxylation is 2. The molecule has 2 aromatic rings. The monoisotopic (exact) mass is 377 g/mol. The van der Waals surface area contributed by atoms with E-state index in [0.717, 1.165) is 24.1 Å². The molecule has 3 rings (SSSR count). The van der Waals surface area contributed by atoms with Crippen molar-refractivity contribution in [2.24, 2.45) is 0 Å². The standard InChI is InChI=1S/C18H20ClN3O4/c1-11-9-14(22(24)25)10-16(19)17(11)21-6-3-13(4-7-21)20-18(23)15-5-8-26-12(15)2/h5,8-10,13H,3-4,6-7H2,1-2H3,(H,20,23). The maximum atomic E-state index is 12.3. The number of rotatable bonds is 4. The average Bonchev–Trinajstić information content (AvgIpc) is 3.01. The zero-order valence-corrected chi connectivity index (χ0v) is 15.4. The van der Waals surface area contributed by atoms with E-state index in [1.165, 1.54) is 18.4 Å². The number of nitrogens with one attached hydrogen (secondary N) is 1. The number of hydrogen-bond acceptors (Lipinski definition) is 5. The van der Waals surface area contributed by atoms with Gasteiger partial charge in [0.15, 0.2) is 0 Å². The number of non-ortho nitro benzene ring substituents is 1. The number of benzene rings is 1. The molecule has 0 unspecified atom stereocenters. The number of hydrogen-bond donors (Lipinski definition) is 1. The van der Waals surface area contributed by atoms with Crippen molar-refractivity contribution in [3.05, 3.63) is 56.5 Å². The third kappa shape index (κ3) is 3.67. The van der Waals surface area contributed by atoms with Crippen LogP contribution in [0.4, 0.5) is 11.4 Å². The molecule has 8 heteroatoms. The molecule has 0 saturated carbocycles. The van der Waals surface area contributed by atoms with Crippen molar-refractivity contribution in [2.45, 2.75) is 32.7 Å². The van der Waals surface area contributed by atoms with Crippen LogP contribution in [0.5, 0.6) is 0 Å². The third-order valence-electron chi connectivity index (χ3n) is 4.70. The Morgan fingerprint density at radius 1 is 1.35 bits per heavy atom. The molecule has 1 N–H and O–H groups in total. The number of amides is 1. The Kier molecular flexibility index (Phi) is 5.18. The highest BCUT2D eigenvalue weighted by atomic mass is 35.5. The van der Waals surface area contributed by atoms with E-state index in [2.05, 4.69) is 10.2 Å². The van der Waals surface area contributed by atoms with Crippen LogP contribution in [0.15, 0.2) is 28.9 Å². The molecule has 7 nitrogen and oxygen atoms in total. The Balaban J connectivity index is 1.65. The molecule has 1 fully saturated rings. The van der Waals surface area contributed by atoms with Gasteiger partial charge < -0.3 is 14.6 Å². The Morgan fingerprint density at radius 2 is 2.04 bits per heavy atom. The van der Waals surface area contributed by atoms with Gasteiger partial charge in [0.25, 0.3) is 11.6 Å². The molecule has 0 bridgehead atoms. The highest BCUT2D eigenvalue weighted by molar-refractivity contribution is 6.33. The molecule has 1 aromatic heterocycles. The molecule has 1 aliphatic heterocycles. The molecule has 26 heavy (non-hydrogen) atoms. The highest BCUT2D eigenvalue weighted by Gasteiger charge is 2.25. The van der Waals surface area contributed by atoms with E-state index in [9.17, 15) is 14.9 Å². The van der Waals surface area contributed by atoms with Gasteiger partial charge in [0, 0.05) is 31.3 Å². The van der Waals surface area contributed by atoms with Gasteiger partial charge in [-0.2, -0.15) is 0 Å². The number of carbonyl (C=O) groups excluding carboxylic acids is 1. The molecule has 1 amide bonds. The summed E-state index contributed by atoms with van der Waals surface area (Å²) in [4.78, 5) is 24.9. The van der Waals surface area contributed by atoms with Gasteiger partial charge in [-0.05, 0) is 38.3 Å². The Labute approximate surface area is 156 Å². The number of carbonyl (C=O) groups is 1. The van der Waals surface area contributed by atoms with E-state index in [4.69, 9.17) is 16.0 Å². The minimum Gasteiger partial charge on any atom is -0.469 e.